The van der Waals surface area contributed by atoms with E-state index in [1.165, 1.54) is 7.11 Å². The van der Waals surface area contributed by atoms with Crippen molar-refractivity contribution in [1.82, 2.24) is 5.32 Å². The third kappa shape index (κ3) is 8.88. The maximum absolute atomic E-state index is 12.1. The normalized spacial score (nSPS) is 12.2. The van der Waals surface area contributed by atoms with Crippen molar-refractivity contribution in [2.45, 2.75) is 58.1 Å². The van der Waals surface area contributed by atoms with Gasteiger partial charge in [0.05, 0.1) is 7.11 Å². The molecule has 6 heteroatoms. The van der Waals surface area contributed by atoms with Crippen LogP contribution >= 0.6 is 0 Å². The van der Waals surface area contributed by atoms with Crippen LogP contribution < -0.4 is 5.32 Å². The summed E-state index contributed by atoms with van der Waals surface area (Å²) in [6.45, 7) is 5.32. The van der Waals surface area contributed by atoms with Crippen molar-refractivity contribution >= 4 is 17.8 Å². The highest BCUT2D eigenvalue weighted by molar-refractivity contribution is 5.85. The number of carbonyl (C=O) groups is 3. The second-order valence-corrected chi connectivity index (χ2v) is 6.75. The molecule has 0 saturated heterocycles. The average Bonchev–Trinajstić information content (AvgIpc) is 2.55. The van der Waals surface area contributed by atoms with Crippen molar-refractivity contribution in [3.05, 3.63) is 35.9 Å². The van der Waals surface area contributed by atoms with Gasteiger partial charge in [-0.05, 0) is 39.2 Å². The number of aryl methyl sites for hydroxylation is 1. The molecule has 1 atom stereocenters. The molecule has 0 aliphatic rings. The largest absolute Gasteiger partial charge is 0.467 e. The first kappa shape index (κ1) is 20.7. The summed E-state index contributed by atoms with van der Waals surface area (Å²) >= 11 is 0. The van der Waals surface area contributed by atoms with Crippen LogP contribution in [0.25, 0.3) is 0 Å². The molecule has 1 amide bonds. The molecule has 0 saturated carbocycles. The quantitative estimate of drug-likeness (QED) is 0.729. The molecule has 0 radical (unpaired) electrons. The first-order chi connectivity index (χ1) is 11.7. The van der Waals surface area contributed by atoms with Crippen molar-refractivity contribution in [1.29, 1.82) is 0 Å². The molecule has 1 aromatic carbocycles. The van der Waals surface area contributed by atoms with Gasteiger partial charge in [0.15, 0.2) is 0 Å². The zero-order valence-electron chi connectivity index (χ0n) is 15.3. The molecule has 138 valence electrons. The number of rotatable bonds is 8. The molecule has 6 nitrogen and oxygen atoms in total. The molecule has 0 aliphatic heterocycles. The SMILES string of the molecule is COC(=O)[C@H](CCC(=O)OC(C)(C)C)NC(=O)CCc1ccccc1. The summed E-state index contributed by atoms with van der Waals surface area (Å²) in [6, 6.07) is 8.74. The van der Waals surface area contributed by atoms with E-state index >= 15 is 0 Å². The van der Waals surface area contributed by atoms with Crippen LogP contribution in [-0.4, -0.2) is 36.6 Å². The Bertz CT molecular complexity index is 577. The van der Waals surface area contributed by atoms with Gasteiger partial charge in [-0.15, -0.1) is 0 Å². The zero-order chi connectivity index (χ0) is 18.9. The standard InChI is InChI=1S/C19H27NO5/c1-19(2,3)25-17(22)13-11-15(18(23)24-4)20-16(21)12-10-14-8-6-5-7-9-14/h5-9,15H,10-13H2,1-4H3,(H,20,21)/t15-/m0/s1. The Hall–Kier alpha value is -2.37. The fraction of sp³-hybridized carbons (Fsp3) is 0.526. The second-order valence-electron chi connectivity index (χ2n) is 6.75. The third-order valence-corrected chi connectivity index (χ3v) is 3.36. The van der Waals surface area contributed by atoms with Crippen LogP contribution in [0.5, 0.6) is 0 Å². The Labute approximate surface area is 148 Å². The molecule has 0 unspecified atom stereocenters. The van der Waals surface area contributed by atoms with E-state index in [9.17, 15) is 14.4 Å². The lowest BCUT2D eigenvalue weighted by atomic mass is 10.1. The van der Waals surface area contributed by atoms with Gasteiger partial charge in [0, 0.05) is 12.8 Å². The molecular formula is C19H27NO5. The van der Waals surface area contributed by atoms with E-state index in [0.29, 0.717) is 6.42 Å². The summed E-state index contributed by atoms with van der Waals surface area (Å²) in [6.07, 6.45) is 0.991. The minimum atomic E-state index is -0.860. The lowest BCUT2D eigenvalue weighted by Gasteiger charge is -2.21. The van der Waals surface area contributed by atoms with Crippen LogP contribution in [0.4, 0.5) is 0 Å². The van der Waals surface area contributed by atoms with Crippen LogP contribution in [0.3, 0.4) is 0 Å². The van der Waals surface area contributed by atoms with E-state index in [2.05, 4.69) is 5.32 Å². The van der Waals surface area contributed by atoms with Crippen LogP contribution in [0.1, 0.15) is 45.6 Å². The highest BCUT2D eigenvalue weighted by atomic mass is 16.6. The minimum Gasteiger partial charge on any atom is -0.467 e. The van der Waals surface area contributed by atoms with Gasteiger partial charge >= 0.3 is 11.9 Å². The van der Waals surface area contributed by atoms with Crippen molar-refractivity contribution in [2.24, 2.45) is 0 Å². The Balaban J connectivity index is 2.50. The van der Waals surface area contributed by atoms with Gasteiger partial charge < -0.3 is 14.8 Å². The molecule has 1 aromatic rings. The maximum atomic E-state index is 12.1. The van der Waals surface area contributed by atoms with Gasteiger partial charge in [-0.25, -0.2) is 4.79 Å². The van der Waals surface area contributed by atoms with Gasteiger partial charge in [-0.1, -0.05) is 30.3 Å². The molecule has 0 bridgehead atoms. The number of methoxy groups -OCH3 is 1. The Kier molecular flexibility index (Phi) is 8.11. The number of esters is 2. The minimum absolute atomic E-state index is 0.0238. The predicted molar refractivity (Wildman–Crippen MR) is 93.8 cm³/mol. The van der Waals surface area contributed by atoms with Crippen molar-refractivity contribution in [3.63, 3.8) is 0 Å². The smallest absolute Gasteiger partial charge is 0.328 e. The zero-order valence-corrected chi connectivity index (χ0v) is 15.3. The summed E-state index contributed by atoms with van der Waals surface area (Å²) in [7, 11) is 1.25. The van der Waals surface area contributed by atoms with Gasteiger partial charge in [-0.2, -0.15) is 0 Å². The summed E-state index contributed by atoms with van der Waals surface area (Å²) < 4.78 is 9.91. The fourth-order valence-electron chi connectivity index (χ4n) is 2.21. The van der Waals surface area contributed by atoms with Crippen molar-refractivity contribution in [3.8, 4) is 0 Å². The fourth-order valence-corrected chi connectivity index (χ4v) is 2.21. The lowest BCUT2D eigenvalue weighted by Crippen LogP contribution is -2.42. The molecule has 0 spiro atoms. The predicted octanol–water partition coefficient (Wildman–Crippen LogP) is 2.40. The number of hydrogen-bond acceptors (Lipinski definition) is 5. The number of amides is 1. The Morgan fingerprint density at radius 1 is 1.08 bits per heavy atom. The van der Waals surface area contributed by atoms with Gasteiger partial charge in [-0.3, -0.25) is 9.59 Å². The third-order valence-electron chi connectivity index (χ3n) is 3.36. The van der Waals surface area contributed by atoms with E-state index in [4.69, 9.17) is 9.47 Å². The van der Waals surface area contributed by atoms with Gasteiger partial charge in [0.25, 0.3) is 0 Å². The average molecular weight is 349 g/mol. The highest BCUT2D eigenvalue weighted by Gasteiger charge is 2.24. The topological polar surface area (TPSA) is 81.7 Å². The molecule has 0 fully saturated rings. The van der Waals surface area contributed by atoms with Crippen LogP contribution in [0.15, 0.2) is 30.3 Å². The Morgan fingerprint density at radius 3 is 2.28 bits per heavy atom. The van der Waals surface area contributed by atoms with E-state index in [1.807, 2.05) is 30.3 Å². The monoisotopic (exact) mass is 349 g/mol. The molecule has 0 aromatic heterocycles. The number of ether oxygens (including phenoxy) is 2. The van der Waals surface area contributed by atoms with Crippen LogP contribution in [-0.2, 0) is 30.3 Å². The number of hydrogen-bond donors (Lipinski definition) is 1. The summed E-state index contributed by atoms with van der Waals surface area (Å²) in [5, 5.41) is 2.63. The molecule has 1 N–H and O–H groups in total. The molecule has 25 heavy (non-hydrogen) atoms. The van der Waals surface area contributed by atoms with E-state index < -0.39 is 23.6 Å². The van der Waals surface area contributed by atoms with E-state index in [-0.39, 0.29) is 25.2 Å². The summed E-state index contributed by atoms with van der Waals surface area (Å²) in [5.41, 5.74) is 0.456. The first-order valence-electron chi connectivity index (χ1n) is 8.34. The highest BCUT2D eigenvalue weighted by Crippen LogP contribution is 2.11. The van der Waals surface area contributed by atoms with E-state index in [0.717, 1.165) is 5.56 Å². The molecule has 1 rings (SSSR count). The van der Waals surface area contributed by atoms with Gasteiger partial charge in [0.1, 0.15) is 11.6 Å². The van der Waals surface area contributed by atoms with E-state index in [1.54, 1.807) is 20.8 Å². The number of benzene rings is 1. The Morgan fingerprint density at radius 2 is 1.72 bits per heavy atom. The maximum Gasteiger partial charge on any atom is 0.328 e. The first-order valence-corrected chi connectivity index (χ1v) is 8.34. The summed E-state index contributed by atoms with van der Waals surface area (Å²) in [4.78, 5) is 35.7. The summed E-state index contributed by atoms with van der Waals surface area (Å²) in [5.74, 6) is -1.25. The number of carbonyl (C=O) groups excluding carboxylic acids is 3. The van der Waals surface area contributed by atoms with Crippen molar-refractivity contribution < 1.29 is 23.9 Å². The van der Waals surface area contributed by atoms with Crippen LogP contribution in [0, 0.1) is 0 Å². The number of nitrogens with one attached hydrogen (secondary N) is 1. The van der Waals surface area contributed by atoms with Gasteiger partial charge in [0.2, 0.25) is 5.91 Å². The van der Waals surface area contributed by atoms with Crippen molar-refractivity contribution in [2.75, 3.05) is 7.11 Å². The van der Waals surface area contributed by atoms with Crippen LogP contribution in [0.2, 0.25) is 0 Å². The molecule has 0 aliphatic carbocycles. The lowest BCUT2D eigenvalue weighted by molar-refractivity contribution is -0.155. The molecule has 0 heterocycles. The second kappa shape index (κ2) is 9.81. The molecular weight excluding hydrogens is 322 g/mol.